The van der Waals surface area contributed by atoms with E-state index >= 15 is 0 Å². The summed E-state index contributed by atoms with van der Waals surface area (Å²) in [6.07, 6.45) is 3.36. The van der Waals surface area contributed by atoms with Gasteiger partial charge in [0.25, 0.3) is 0 Å². The van der Waals surface area contributed by atoms with Gasteiger partial charge < -0.3 is 19.7 Å². The molecule has 2 aliphatic heterocycles. The molecule has 6 nitrogen and oxygen atoms in total. The highest BCUT2D eigenvalue weighted by atomic mass is 16.7. The Kier molecular flexibility index (Phi) is 6.42. The molecule has 3 rings (SSSR count). The van der Waals surface area contributed by atoms with Crippen LogP contribution in [-0.4, -0.2) is 55.3 Å². The fraction of sp³-hybridized carbons (Fsp3) is 0.579. The van der Waals surface area contributed by atoms with Crippen LogP contribution in [0.15, 0.2) is 30.3 Å². The van der Waals surface area contributed by atoms with Crippen molar-refractivity contribution in [1.29, 1.82) is 0 Å². The first-order valence-electron chi connectivity index (χ1n) is 9.07. The van der Waals surface area contributed by atoms with E-state index in [2.05, 4.69) is 5.32 Å². The molecule has 1 aromatic rings. The van der Waals surface area contributed by atoms with E-state index in [1.54, 1.807) is 0 Å². The van der Waals surface area contributed by atoms with Crippen molar-refractivity contribution >= 4 is 11.8 Å². The second-order valence-electron chi connectivity index (χ2n) is 6.52. The Bertz CT molecular complexity index is 572. The van der Waals surface area contributed by atoms with Gasteiger partial charge in [-0.15, -0.1) is 0 Å². The minimum atomic E-state index is -0.295. The third-order valence-electron chi connectivity index (χ3n) is 4.70. The van der Waals surface area contributed by atoms with E-state index < -0.39 is 0 Å². The monoisotopic (exact) mass is 346 g/mol. The Morgan fingerprint density at radius 1 is 1.12 bits per heavy atom. The summed E-state index contributed by atoms with van der Waals surface area (Å²) in [5.74, 6) is 0.000430. The standard InChI is InChI=1S/C19H26N2O4/c22-17(14-15-6-2-1-3-7-15)20-10-9-18(23)21-11-5-4-8-16(21)19-24-12-13-25-19/h1-3,6-7,16,19H,4-5,8-14H2,(H,20,22). The van der Waals surface area contributed by atoms with E-state index in [0.717, 1.165) is 31.4 Å². The maximum atomic E-state index is 12.6. The van der Waals surface area contributed by atoms with Crippen molar-refractivity contribution in [3.63, 3.8) is 0 Å². The van der Waals surface area contributed by atoms with Crippen LogP contribution in [0.3, 0.4) is 0 Å². The lowest BCUT2D eigenvalue weighted by Crippen LogP contribution is -2.50. The predicted molar refractivity (Wildman–Crippen MR) is 92.8 cm³/mol. The molecule has 1 atom stereocenters. The van der Waals surface area contributed by atoms with E-state index in [1.807, 2.05) is 35.2 Å². The molecular formula is C19H26N2O4. The van der Waals surface area contributed by atoms with Gasteiger partial charge >= 0.3 is 0 Å². The van der Waals surface area contributed by atoms with E-state index in [9.17, 15) is 9.59 Å². The third kappa shape index (κ3) is 5.03. The molecule has 0 bridgehead atoms. The van der Waals surface area contributed by atoms with Crippen molar-refractivity contribution in [2.75, 3.05) is 26.3 Å². The van der Waals surface area contributed by atoms with Crippen molar-refractivity contribution in [2.24, 2.45) is 0 Å². The average molecular weight is 346 g/mol. The number of ether oxygens (including phenoxy) is 2. The largest absolute Gasteiger partial charge is 0.355 e. The molecule has 2 fully saturated rings. The Balaban J connectivity index is 1.43. The summed E-state index contributed by atoms with van der Waals surface area (Å²) in [5.41, 5.74) is 0.970. The Morgan fingerprint density at radius 2 is 1.88 bits per heavy atom. The van der Waals surface area contributed by atoms with Crippen LogP contribution < -0.4 is 5.32 Å². The van der Waals surface area contributed by atoms with E-state index in [0.29, 0.717) is 32.6 Å². The molecule has 2 heterocycles. The third-order valence-corrected chi connectivity index (χ3v) is 4.70. The highest BCUT2D eigenvalue weighted by Crippen LogP contribution is 2.24. The maximum Gasteiger partial charge on any atom is 0.224 e. The number of carbonyl (C=O) groups excluding carboxylic acids is 2. The summed E-state index contributed by atoms with van der Waals surface area (Å²) in [6.45, 7) is 2.29. The first kappa shape index (κ1) is 17.9. The Hall–Kier alpha value is -1.92. The van der Waals surface area contributed by atoms with Gasteiger partial charge in [0.1, 0.15) is 0 Å². The number of piperidine rings is 1. The molecule has 2 aliphatic rings. The average Bonchev–Trinajstić information content (AvgIpc) is 3.17. The van der Waals surface area contributed by atoms with E-state index in [1.165, 1.54) is 0 Å². The Labute approximate surface area is 148 Å². The zero-order valence-electron chi connectivity index (χ0n) is 14.5. The topological polar surface area (TPSA) is 67.9 Å². The fourth-order valence-electron chi connectivity index (χ4n) is 3.44. The number of hydrogen-bond donors (Lipinski definition) is 1. The summed E-state index contributed by atoms with van der Waals surface area (Å²) in [6, 6.07) is 9.59. The van der Waals surface area contributed by atoms with Gasteiger partial charge in [0, 0.05) is 19.5 Å². The lowest BCUT2D eigenvalue weighted by molar-refractivity contribution is -0.150. The van der Waals surface area contributed by atoms with Crippen LogP contribution in [0.1, 0.15) is 31.2 Å². The molecule has 136 valence electrons. The molecule has 1 aromatic carbocycles. The van der Waals surface area contributed by atoms with Crippen molar-refractivity contribution in [2.45, 2.75) is 44.4 Å². The number of carbonyl (C=O) groups is 2. The van der Waals surface area contributed by atoms with Crippen molar-refractivity contribution in [3.05, 3.63) is 35.9 Å². The second kappa shape index (κ2) is 8.97. The Morgan fingerprint density at radius 3 is 2.64 bits per heavy atom. The highest BCUT2D eigenvalue weighted by molar-refractivity contribution is 5.80. The van der Waals surface area contributed by atoms with Gasteiger partial charge in [0.15, 0.2) is 6.29 Å². The first-order valence-corrected chi connectivity index (χ1v) is 9.07. The quantitative estimate of drug-likeness (QED) is 0.847. The van der Waals surface area contributed by atoms with Gasteiger partial charge in [-0.05, 0) is 24.8 Å². The molecule has 2 amide bonds. The first-order chi connectivity index (χ1) is 12.2. The second-order valence-corrected chi connectivity index (χ2v) is 6.52. The van der Waals surface area contributed by atoms with Gasteiger partial charge in [-0.2, -0.15) is 0 Å². The maximum absolute atomic E-state index is 12.6. The number of hydrogen-bond acceptors (Lipinski definition) is 4. The van der Waals surface area contributed by atoms with Gasteiger partial charge in [-0.25, -0.2) is 0 Å². The van der Waals surface area contributed by atoms with Gasteiger partial charge in [0.2, 0.25) is 11.8 Å². The minimum Gasteiger partial charge on any atom is -0.355 e. The van der Waals surface area contributed by atoms with Crippen molar-refractivity contribution < 1.29 is 19.1 Å². The minimum absolute atomic E-state index is 0.00349. The molecule has 0 aromatic heterocycles. The molecule has 1 N–H and O–H groups in total. The van der Waals surface area contributed by atoms with Crippen LogP contribution in [0, 0.1) is 0 Å². The van der Waals surface area contributed by atoms with E-state index in [4.69, 9.17) is 9.47 Å². The van der Waals surface area contributed by atoms with Crippen LogP contribution in [0.4, 0.5) is 0 Å². The number of likely N-dealkylation sites (tertiary alicyclic amines) is 1. The lowest BCUT2D eigenvalue weighted by Gasteiger charge is -2.38. The lowest BCUT2D eigenvalue weighted by atomic mass is 10.0. The number of rotatable bonds is 6. The van der Waals surface area contributed by atoms with Gasteiger partial charge in [-0.1, -0.05) is 30.3 Å². The summed E-state index contributed by atoms with van der Waals surface area (Å²) in [7, 11) is 0. The number of benzene rings is 1. The zero-order valence-corrected chi connectivity index (χ0v) is 14.5. The molecule has 25 heavy (non-hydrogen) atoms. The molecule has 2 saturated heterocycles. The summed E-state index contributed by atoms with van der Waals surface area (Å²) < 4.78 is 11.2. The summed E-state index contributed by atoms with van der Waals surface area (Å²) >= 11 is 0. The zero-order chi connectivity index (χ0) is 17.5. The fourth-order valence-corrected chi connectivity index (χ4v) is 3.44. The molecule has 0 spiro atoms. The summed E-state index contributed by atoms with van der Waals surface area (Å²) in [5, 5.41) is 2.84. The molecule has 0 radical (unpaired) electrons. The molecule has 1 unspecified atom stereocenters. The van der Waals surface area contributed by atoms with Gasteiger partial charge in [-0.3, -0.25) is 9.59 Å². The number of amides is 2. The van der Waals surface area contributed by atoms with Crippen molar-refractivity contribution in [1.82, 2.24) is 10.2 Å². The van der Waals surface area contributed by atoms with E-state index in [-0.39, 0.29) is 24.1 Å². The molecule has 0 aliphatic carbocycles. The predicted octanol–water partition coefficient (Wildman–Crippen LogP) is 1.49. The SMILES string of the molecule is O=C(Cc1ccccc1)NCCC(=O)N1CCCCC1C1OCCO1. The van der Waals surface area contributed by atoms with Crippen LogP contribution in [0.25, 0.3) is 0 Å². The van der Waals surface area contributed by atoms with Crippen LogP contribution in [0.5, 0.6) is 0 Å². The van der Waals surface area contributed by atoms with Crippen molar-refractivity contribution in [3.8, 4) is 0 Å². The number of nitrogens with zero attached hydrogens (tertiary/aromatic N) is 1. The molecular weight excluding hydrogens is 320 g/mol. The highest BCUT2D eigenvalue weighted by Gasteiger charge is 2.35. The smallest absolute Gasteiger partial charge is 0.224 e. The summed E-state index contributed by atoms with van der Waals surface area (Å²) in [4.78, 5) is 26.4. The van der Waals surface area contributed by atoms with Crippen LogP contribution >= 0.6 is 0 Å². The normalized spacial score (nSPS) is 21.3. The molecule has 6 heteroatoms. The number of nitrogens with one attached hydrogen (secondary N) is 1. The molecule has 0 saturated carbocycles. The van der Waals surface area contributed by atoms with Gasteiger partial charge in [0.05, 0.1) is 25.7 Å². The van der Waals surface area contributed by atoms with Crippen LogP contribution in [-0.2, 0) is 25.5 Å². The van der Waals surface area contributed by atoms with Crippen LogP contribution in [0.2, 0.25) is 0 Å².